The van der Waals surface area contributed by atoms with Crippen molar-refractivity contribution in [3.63, 3.8) is 0 Å². The van der Waals surface area contributed by atoms with Crippen LogP contribution in [0.4, 0.5) is 0 Å². The zero-order valence-corrected chi connectivity index (χ0v) is 11.7. The minimum absolute atomic E-state index is 0.763. The van der Waals surface area contributed by atoms with Gasteiger partial charge in [0.25, 0.3) is 0 Å². The highest BCUT2D eigenvalue weighted by atomic mass is 16.5. The van der Waals surface area contributed by atoms with Crippen LogP contribution in [-0.4, -0.2) is 27.0 Å². The van der Waals surface area contributed by atoms with Crippen molar-refractivity contribution in [3.8, 4) is 22.6 Å². The number of benzene rings is 2. The van der Waals surface area contributed by atoms with Crippen molar-refractivity contribution in [2.24, 2.45) is 4.99 Å². The average molecular weight is 267 g/mol. The van der Waals surface area contributed by atoms with Gasteiger partial charge in [0, 0.05) is 18.3 Å². The van der Waals surface area contributed by atoms with E-state index in [1.807, 2.05) is 12.3 Å². The molecule has 20 heavy (non-hydrogen) atoms. The molecule has 0 saturated carbocycles. The van der Waals surface area contributed by atoms with Crippen LogP contribution in [0.15, 0.2) is 41.4 Å². The molecule has 0 saturated heterocycles. The van der Waals surface area contributed by atoms with E-state index in [1.54, 1.807) is 14.2 Å². The lowest BCUT2D eigenvalue weighted by Gasteiger charge is -2.17. The molecule has 0 aliphatic carbocycles. The Labute approximate surface area is 118 Å². The molecule has 0 unspecified atom stereocenters. The third kappa shape index (κ3) is 2.16. The van der Waals surface area contributed by atoms with Crippen molar-refractivity contribution >= 4 is 6.21 Å². The van der Waals surface area contributed by atoms with Crippen LogP contribution in [0.2, 0.25) is 0 Å². The minimum Gasteiger partial charge on any atom is -0.493 e. The van der Waals surface area contributed by atoms with Crippen LogP contribution in [0.5, 0.6) is 11.5 Å². The number of rotatable bonds is 2. The Hall–Kier alpha value is -2.29. The maximum absolute atomic E-state index is 5.43. The average Bonchev–Trinajstić information content (AvgIpc) is 2.49. The van der Waals surface area contributed by atoms with Crippen LogP contribution < -0.4 is 9.47 Å². The largest absolute Gasteiger partial charge is 0.493 e. The summed E-state index contributed by atoms with van der Waals surface area (Å²) in [6.07, 6.45) is 2.86. The van der Waals surface area contributed by atoms with Crippen LogP contribution in [0, 0.1) is 0 Å². The summed E-state index contributed by atoms with van der Waals surface area (Å²) >= 11 is 0. The van der Waals surface area contributed by atoms with Gasteiger partial charge in [0.15, 0.2) is 11.5 Å². The molecule has 3 heteroatoms. The highest BCUT2D eigenvalue weighted by Crippen LogP contribution is 2.37. The van der Waals surface area contributed by atoms with Crippen molar-refractivity contribution in [3.05, 3.63) is 47.5 Å². The Morgan fingerprint density at radius 2 is 1.70 bits per heavy atom. The van der Waals surface area contributed by atoms with Gasteiger partial charge in [0.2, 0.25) is 0 Å². The third-order valence-electron chi connectivity index (χ3n) is 3.60. The Kier molecular flexibility index (Phi) is 3.42. The number of hydrogen-bond acceptors (Lipinski definition) is 3. The number of hydrogen-bond donors (Lipinski definition) is 0. The minimum atomic E-state index is 0.763. The van der Waals surface area contributed by atoms with Gasteiger partial charge in [-0.25, -0.2) is 0 Å². The summed E-state index contributed by atoms with van der Waals surface area (Å²) in [6, 6.07) is 12.4. The fourth-order valence-electron chi connectivity index (χ4n) is 2.58. The lowest BCUT2D eigenvalue weighted by Crippen LogP contribution is -2.02. The summed E-state index contributed by atoms with van der Waals surface area (Å²) in [4.78, 5) is 4.47. The van der Waals surface area contributed by atoms with Gasteiger partial charge in [0.05, 0.1) is 14.2 Å². The highest BCUT2D eigenvalue weighted by molar-refractivity contribution is 5.92. The van der Waals surface area contributed by atoms with E-state index in [-0.39, 0.29) is 0 Å². The van der Waals surface area contributed by atoms with Gasteiger partial charge < -0.3 is 9.47 Å². The number of fused-ring (bicyclic) bond motifs is 3. The van der Waals surface area contributed by atoms with Gasteiger partial charge in [-0.3, -0.25) is 4.99 Å². The van der Waals surface area contributed by atoms with Gasteiger partial charge in [0.1, 0.15) is 0 Å². The molecule has 0 bridgehead atoms. The Morgan fingerprint density at radius 1 is 0.950 bits per heavy atom. The predicted molar refractivity (Wildman–Crippen MR) is 81.1 cm³/mol. The summed E-state index contributed by atoms with van der Waals surface area (Å²) in [5.74, 6) is 1.53. The topological polar surface area (TPSA) is 30.8 Å². The zero-order valence-electron chi connectivity index (χ0n) is 11.7. The summed E-state index contributed by atoms with van der Waals surface area (Å²) in [5, 5.41) is 0. The highest BCUT2D eigenvalue weighted by Gasteiger charge is 2.15. The second-order valence-corrected chi connectivity index (χ2v) is 4.74. The first-order chi connectivity index (χ1) is 9.83. The molecule has 3 rings (SSSR count). The molecule has 2 aromatic rings. The van der Waals surface area contributed by atoms with E-state index in [2.05, 4.69) is 35.3 Å². The predicted octanol–water partition coefficient (Wildman–Crippen LogP) is 3.35. The van der Waals surface area contributed by atoms with Crippen LogP contribution >= 0.6 is 0 Å². The molecule has 2 aromatic carbocycles. The Morgan fingerprint density at radius 3 is 2.50 bits per heavy atom. The summed E-state index contributed by atoms with van der Waals surface area (Å²) in [7, 11) is 3.33. The van der Waals surface area contributed by atoms with Crippen LogP contribution in [0.3, 0.4) is 0 Å². The number of methoxy groups -OCH3 is 2. The van der Waals surface area contributed by atoms with Crippen molar-refractivity contribution in [2.45, 2.75) is 6.42 Å². The van der Waals surface area contributed by atoms with Gasteiger partial charge in [-0.2, -0.15) is 0 Å². The molecule has 0 spiro atoms. The maximum Gasteiger partial charge on any atom is 0.161 e. The van der Waals surface area contributed by atoms with Crippen molar-refractivity contribution in [1.29, 1.82) is 0 Å². The molecule has 0 aromatic heterocycles. The molecule has 3 nitrogen and oxygen atoms in total. The number of ether oxygens (including phenoxy) is 2. The third-order valence-corrected chi connectivity index (χ3v) is 3.60. The quantitative estimate of drug-likeness (QED) is 0.835. The lowest BCUT2D eigenvalue weighted by atomic mass is 9.93. The fourth-order valence-corrected chi connectivity index (χ4v) is 2.58. The fraction of sp³-hybridized carbons (Fsp3) is 0.235. The second-order valence-electron chi connectivity index (χ2n) is 4.74. The zero-order chi connectivity index (χ0) is 13.9. The molecular weight excluding hydrogens is 250 g/mol. The van der Waals surface area contributed by atoms with E-state index < -0.39 is 0 Å². The Bertz CT molecular complexity index is 662. The summed E-state index contributed by atoms with van der Waals surface area (Å²) in [5.41, 5.74) is 4.77. The first-order valence-corrected chi connectivity index (χ1v) is 6.67. The molecule has 0 fully saturated rings. The SMILES string of the molecule is COc1cc2c(cc1OC)-c1ccccc1C=NCC2. The van der Waals surface area contributed by atoms with E-state index in [1.165, 1.54) is 16.7 Å². The summed E-state index contributed by atoms with van der Waals surface area (Å²) in [6.45, 7) is 0.789. The smallest absolute Gasteiger partial charge is 0.161 e. The number of aliphatic imine (C=N–C) groups is 1. The Balaban J connectivity index is 2.25. The molecule has 0 amide bonds. The van der Waals surface area contributed by atoms with E-state index in [0.29, 0.717) is 0 Å². The maximum atomic E-state index is 5.43. The van der Waals surface area contributed by atoms with Crippen molar-refractivity contribution < 1.29 is 9.47 Å². The van der Waals surface area contributed by atoms with Crippen molar-refractivity contribution in [2.75, 3.05) is 20.8 Å². The molecule has 1 heterocycles. The van der Waals surface area contributed by atoms with Gasteiger partial charge in [-0.15, -0.1) is 0 Å². The van der Waals surface area contributed by atoms with Crippen LogP contribution in [0.1, 0.15) is 11.1 Å². The second kappa shape index (κ2) is 5.37. The molecule has 0 N–H and O–H groups in total. The molecule has 1 aliphatic rings. The normalized spacial score (nSPS) is 12.9. The first-order valence-electron chi connectivity index (χ1n) is 6.67. The molecule has 0 atom stereocenters. The van der Waals surface area contributed by atoms with Crippen LogP contribution in [0.25, 0.3) is 11.1 Å². The van der Waals surface area contributed by atoms with E-state index in [0.717, 1.165) is 30.0 Å². The van der Waals surface area contributed by atoms with Gasteiger partial charge in [-0.1, -0.05) is 24.3 Å². The van der Waals surface area contributed by atoms with Crippen molar-refractivity contribution in [1.82, 2.24) is 0 Å². The molecule has 1 aliphatic heterocycles. The number of nitrogens with zero attached hydrogens (tertiary/aromatic N) is 1. The van der Waals surface area contributed by atoms with Gasteiger partial charge >= 0.3 is 0 Å². The molecular formula is C17H17NO2. The van der Waals surface area contributed by atoms with Crippen LogP contribution in [-0.2, 0) is 6.42 Å². The molecule has 0 radical (unpaired) electrons. The first kappa shape index (κ1) is 12.7. The standard InChI is InChI=1S/C17H17NO2/c1-19-16-9-12-7-8-18-11-13-5-3-4-6-14(13)15(12)10-17(16)20-2/h3-6,9-11H,7-8H2,1-2H3. The summed E-state index contributed by atoms with van der Waals surface area (Å²) < 4.78 is 10.8. The van der Waals surface area contributed by atoms with Gasteiger partial charge in [-0.05, 0) is 35.2 Å². The molecule has 102 valence electrons. The van der Waals surface area contributed by atoms with E-state index in [4.69, 9.17) is 9.47 Å². The van der Waals surface area contributed by atoms with E-state index in [9.17, 15) is 0 Å². The monoisotopic (exact) mass is 267 g/mol. The van der Waals surface area contributed by atoms with E-state index >= 15 is 0 Å². The lowest BCUT2D eigenvalue weighted by molar-refractivity contribution is 0.354.